The van der Waals surface area contributed by atoms with Gasteiger partial charge in [0.05, 0.1) is 12.5 Å². The fraction of sp³-hybridized carbons (Fsp3) is 0.364. The number of halogens is 2. The van der Waals surface area contributed by atoms with E-state index in [2.05, 4.69) is 0 Å². The molecule has 0 aliphatic carbocycles. The third-order valence-electron chi connectivity index (χ3n) is 2.33. The predicted octanol–water partition coefficient (Wildman–Crippen LogP) is 1.35. The average molecular weight is 278 g/mol. The molecule has 2 atom stereocenters. The molecule has 0 aromatic heterocycles. The molecule has 0 saturated carbocycles. The summed E-state index contributed by atoms with van der Waals surface area (Å²) in [6.07, 6.45) is -2.74. The molecule has 0 heterocycles. The van der Waals surface area contributed by atoms with Crippen LogP contribution < -0.4 is 5.73 Å². The van der Waals surface area contributed by atoms with Crippen molar-refractivity contribution in [2.24, 2.45) is 5.73 Å². The van der Waals surface area contributed by atoms with Gasteiger partial charge in [-0.25, -0.2) is 0 Å². The zero-order valence-electron chi connectivity index (χ0n) is 8.94. The van der Waals surface area contributed by atoms with Crippen LogP contribution in [0.3, 0.4) is 0 Å². The van der Waals surface area contributed by atoms with Crippen molar-refractivity contribution in [2.75, 3.05) is 0 Å². The minimum Gasteiger partial charge on any atom is -0.390 e. The Morgan fingerprint density at radius 3 is 2.59 bits per heavy atom. The number of aliphatic hydroxyl groups is 2. The van der Waals surface area contributed by atoms with Gasteiger partial charge in [-0.05, 0) is 17.2 Å². The van der Waals surface area contributed by atoms with E-state index in [1.807, 2.05) is 0 Å². The first-order chi connectivity index (χ1) is 7.95. The van der Waals surface area contributed by atoms with Crippen LogP contribution >= 0.6 is 23.2 Å². The van der Waals surface area contributed by atoms with Crippen LogP contribution in [-0.2, 0) is 10.7 Å². The van der Waals surface area contributed by atoms with Crippen LogP contribution in [0.4, 0.5) is 0 Å². The molecule has 1 aromatic rings. The van der Waals surface area contributed by atoms with Gasteiger partial charge in [0.25, 0.3) is 0 Å². The maximum Gasteiger partial charge on any atom is 0.220 e. The van der Waals surface area contributed by atoms with E-state index in [1.165, 1.54) is 0 Å². The quantitative estimate of drug-likeness (QED) is 0.711. The highest BCUT2D eigenvalue weighted by molar-refractivity contribution is 6.32. The fourth-order valence-corrected chi connectivity index (χ4v) is 1.89. The van der Waals surface area contributed by atoms with Crippen molar-refractivity contribution in [3.8, 4) is 0 Å². The molecule has 0 fully saturated rings. The molecule has 2 unspecified atom stereocenters. The summed E-state index contributed by atoms with van der Waals surface area (Å²) < 4.78 is 0. The molecular weight excluding hydrogens is 265 g/mol. The summed E-state index contributed by atoms with van der Waals surface area (Å²) in [6, 6.07) is 4.73. The second kappa shape index (κ2) is 6.21. The number of carbonyl (C=O) groups is 1. The number of benzene rings is 1. The summed E-state index contributed by atoms with van der Waals surface area (Å²) in [7, 11) is 0. The Bertz CT molecular complexity index is 412. The molecular formula is C11H13Cl2NO3. The molecule has 4 nitrogen and oxygen atoms in total. The predicted molar refractivity (Wildman–Crippen MR) is 65.8 cm³/mol. The maximum absolute atomic E-state index is 10.6. The summed E-state index contributed by atoms with van der Waals surface area (Å²) in [6.45, 7) is 0. The van der Waals surface area contributed by atoms with Crippen LogP contribution in [-0.4, -0.2) is 22.2 Å². The van der Waals surface area contributed by atoms with E-state index in [-0.39, 0.29) is 12.3 Å². The lowest BCUT2D eigenvalue weighted by atomic mass is 10.0. The molecule has 0 aliphatic rings. The SMILES string of the molecule is NC(=O)CC(O)C(O)c1ccc(Cl)c(CCl)c1. The van der Waals surface area contributed by atoms with Gasteiger partial charge >= 0.3 is 0 Å². The zero-order chi connectivity index (χ0) is 13.0. The van der Waals surface area contributed by atoms with Gasteiger partial charge in [0, 0.05) is 10.9 Å². The number of hydrogen-bond donors (Lipinski definition) is 3. The molecule has 0 radical (unpaired) electrons. The van der Waals surface area contributed by atoms with Crippen LogP contribution in [0, 0.1) is 0 Å². The zero-order valence-corrected chi connectivity index (χ0v) is 10.4. The molecule has 6 heteroatoms. The average Bonchev–Trinajstić information content (AvgIpc) is 2.27. The van der Waals surface area contributed by atoms with E-state index in [4.69, 9.17) is 28.9 Å². The summed E-state index contributed by atoms with van der Waals surface area (Å²) in [5, 5.41) is 19.8. The molecule has 0 spiro atoms. The van der Waals surface area contributed by atoms with Gasteiger partial charge in [-0.1, -0.05) is 23.7 Å². The lowest BCUT2D eigenvalue weighted by Crippen LogP contribution is -2.25. The van der Waals surface area contributed by atoms with E-state index in [0.717, 1.165) is 0 Å². The Morgan fingerprint density at radius 2 is 2.06 bits per heavy atom. The van der Waals surface area contributed by atoms with Gasteiger partial charge in [0.2, 0.25) is 5.91 Å². The molecule has 4 N–H and O–H groups in total. The van der Waals surface area contributed by atoms with Crippen LogP contribution in [0.15, 0.2) is 18.2 Å². The Labute approximate surface area is 109 Å². The molecule has 94 valence electrons. The second-order valence-corrected chi connectivity index (χ2v) is 4.34. The van der Waals surface area contributed by atoms with Crippen molar-refractivity contribution in [3.63, 3.8) is 0 Å². The highest BCUT2D eigenvalue weighted by Crippen LogP contribution is 2.25. The van der Waals surface area contributed by atoms with Crippen molar-refractivity contribution in [2.45, 2.75) is 24.5 Å². The Hall–Kier alpha value is -0.810. The Morgan fingerprint density at radius 1 is 1.41 bits per heavy atom. The van der Waals surface area contributed by atoms with Gasteiger partial charge in [-0.3, -0.25) is 4.79 Å². The van der Waals surface area contributed by atoms with Crippen LogP contribution in [0.25, 0.3) is 0 Å². The monoisotopic (exact) mass is 277 g/mol. The summed E-state index contributed by atoms with van der Waals surface area (Å²) >= 11 is 11.5. The number of alkyl halides is 1. The lowest BCUT2D eigenvalue weighted by Gasteiger charge is -2.17. The largest absolute Gasteiger partial charge is 0.390 e. The third-order valence-corrected chi connectivity index (χ3v) is 2.99. The number of nitrogens with two attached hydrogens (primary N) is 1. The maximum atomic E-state index is 10.6. The van der Waals surface area contributed by atoms with Gasteiger partial charge in [0.1, 0.15) is 6.10 Å². The fourth-order valence-electron chi connectivity index (χ4n) is 1.42. The first-order valence-corrected chi connectivity index (χ1v) is 5.85. The molecule has 0 bridgehead atoms. The van der Waals surface area contributed by atoms with Gasteiger partial charge in [0.15, 0.2) is 0 Å². The minimum atomic E-state index is -1.24. The van der Waals surface area contributed by atoms with Crippen molar-refractivity contribution in [3.05, 3.63) is 34.3 Å². The van der Waals surface area contributed by atoms with E-state index >= 15 is 0 Å². The van der Waals surface area contributed by atoms with Gasteiger partial charge < -0.3 is 15.9 Å². The van der Waals surface area contributed by atoms with Gasteiger partial charge in [-0.2, -0.15) is 0 Å². The van der Waals surface area contributed by atoms with E-state index in [1.54, 1.807) is 18.2 Å². The first-order valence-electron chi connectivity index (χ1n) is 4.94. The number of amides is 1. The van der Waals surface area contributed by atoms with Crippen LogP contribution in [0.1, 0.15) is 23.7 Å². The van der Waals surface area contributed by atoms with E-state index < -0.39 is 18.1 Å². The van der Waals surface area contributed by atoms with E-state index in [0.29, 0.717) is 16.1 Å². The molecule has 0 saturated heterocycles. The topological polar surface area (TPSA) is 83.6 Å². The molecule has 1 amide bonds. The number of rotatable bonds is 5. The van der Waals surface area contributed by atoms with Crippen LogP contribution in [0.2, 0.25) is 5.02 Å². The van der Waals surface area contributed by atoms with Crippen LogP contribution in [0.5, 0.6) is 0 Å². The van der Waals surface area contributed by atoms with Crippen molar-refractivity contribution in [1.82, 2.24) is 0 Å². The summed E-state index contributed by atoms with van der Waals surface area (Å²) in [5.41, 5.74) is 6.03. The number of carbonyl (C=O) groups excluding carboxylic acids is 1. The highest BCUT2D eigenvalue weighted by atomic mass is 35.5. The summed E-state index contributed by atoms with van der Waals surface area (Å²) in [4.78, 5) is 10.6. The molecule has 1 aromatic carbocycles. The van der Waals surface area contributed by atoms with Gasteiger partial charge in [-0.15, -0.1) is 11.6 Å². The first kappa shape index (κ1) is 14.3. The molecule has 0 aliphatic heterocycles. The summed E-state index contributed by atoms with van der Waals surface area (Å²) in [5.74, 6) is -0.478. The number of aliphatic hydroxyl groups excluding tert-OH is 2. The van der Waals surface area contributed by atoms with E-state index in [9.17, 15) is 15.0 Å². The Balaban J connectivity index is 2.88. The van der Waals surface area contributed by atoms with Crippen molar-refractivity contribution >= 4 is 29.1 Å². The highest BCUT2D eigenvalue weighted by Gasteiger charge is 2.20. The molecule has 1 rings (SSSR count). The number of hydrogen-bond acceptors (Lipinski definition) is 3. The normalized spacial score (nSPS) is 14.4. The van der Waals surface area contributed by atoms with Crippen molar-refractivity contribution in [1.29, 1.82) is 0 Å². The third kappa shape index (κ3) is 3.85. The smallest absolute Gasteiger partial charge is 0.220 e. The Kier molecular flexibility index (Phi) is 5.21. The lowest BCUT2D eigenvalue weighted by molar-refractivity contribution is -0.121. The second-order valence-electron chi connectivity index (χ2n) is 3.67. The number of primary amides is 1. The van der Waals surface area contributed by atoms with Crippen molar-refractivity contribution < 1.29 is 15.0 Å². The minimum absolute atomic E-state index is 0.200. The molecule has 17 heavy (non-hydrogen) atoms. The standard InChI is InChI=1S/C11H13Cl2NO3/c12-5-7-3-6(1-2-8(7)13)11(17)9(15)4-10(14)16/h1-3,9,11,15,17H,4-5H2,(H2,14,16).